The third-order valence-electron chi connectivity index (χ3n) is 39.7. The fourth-order valence-corrected chi connectivity index (χ4v) is 31.2. The summed E-state index contributed by atoms with van der Waals surface area (Å²) in [5.41, 5.74) is 3.34. The van der Waals surface area contributed by atoms with Crippen molar-refractivity contribution < 1.29 is 4.79 Å². The van der Waals surface area contributed by atoms with Gasteiger partial charge < -0.3 is 53.9 Å². The van der Waals surface area contributed by atoms with E-state index in [1.165, 1.54) is 485 Å². The van der Waals surface area contributed by atoms with Crippen LogP contribution in [0.15, 0.2) is 0 Å². The predicted molar refractivity (Wildman–Crippen MR) is 589 cm³/mol. The molecule has 15 nitrogen and oxygen atoms in total. The summed E-state index contributed by atoms with van der Waals surface area (Å²) in [7, 11) is 9.02. The molecule has 4 spiro atoms. The molecule has 1 unspecified atom stereocenters. The smallest absolute Gasteiger partial charge is 0.222 e. The average Bonchev–Trinajstić information content (AvgIpc) is 0.786. The third kappa shape index (κ3) is 37.6. The largest absolute Gasteiger partial charge is 0.343 e. The van der Waals surface area contributed by atoms with Crippen molar-refractivity contribution in [3.8, 4) is 11.8 Å². The molecule has 1 amide bonds. The normalized spacial score (nSPS) is 30.4. The Balaban J connectivity index is 0.000000138. The summed E-state index contributed by atoms with van der Waals surface area (Å²) < 4.78 is 0. The molecule has 10 aliphatic carbocycles. The minimum atomic E-state index is 0. The van der Waals surface area contributed by atoms with Gasteiger partial charge in [-0.3, -0.25) is 19.5 Å². The Bertz CT molecular complexity index is 3190. The molecule has 21 aliphatic rings. The monoisotopic (exact) mass is 1910 g/mol. The predicted octanol–water partition coefficient (Wildman–Crippen LogP) is 24.3. The van der Waals surface area contributed by atoms with Gasteiger partial charge in [-0.05, 0) is 454 Å². The lowest BCUT2D eigenvalue weighted by Gasteiger charge is -2.58. The molecule has 0 aromatic rings. The molecule has 0 aromatic carbocycles. The van der Waals surface area contributed by atoms with Gasteiger partial charge in [-0.1, -0.05) is 163 Å². The number of fused-ring (bicyclic) bond motifs is 1. The topological polar surface area (TPSA) is 62.4 Å². The molecule has 794 valence electrons. The molecule has 3 atom stereocenters. The molecular weight excluding hydrogens is 1680 g/mol. The Hall–Kier alpha value is -1.49. The second kappa shape index (κ2) is 59.6. The lowest BCUT2D eigenvalue weighted by Crippen LogP contribution is -2.60. The van der Waals surface area contributed by atoms with Crippen LogP contribution in [0, 0.1) is 92.7 Å². The Labute approximate surface area is 851 Å². The van der Waals surface area contributed by atoms with E-state index >= 15 is 0 Å². The molecule has 137 heavy (non-hydrogen) atoms. The van der Waals surface area contributed by atoms with Crippen molar-refractivity contribution >= 4 is 5.91 Å². The van der Waals surface area contributed by atoms with Gasteiger partial charge in [-0.2, -0.15) is 0 Å². The standard InChI is InChI=1S/C15H30N2.C15H27N.C14H26N2.C14H28N2.2C14H25N.C13H23NO.C11H22N2.C11H20N2.CH4/c1-12(2)17(15-9-13(3)10-15)11-14-5-7-16(4)8-6-14;1-3-7-15(8-4-1)11-14(12-15)13-16-9-5-2-6-10-16;1-15-11-14(12-15)9-13(10-14)5-8-16-6-3-2-4-7-16;1-11(2)16(14-9-12(3)10-14)13-5-7-15(4)8-6-13;1-3-7-14(8-4-1)11-13(14)12-15-9-5-2-6-10-15;1-2-5-13(6-3-1)7-10-15-11-14(12-15)8-4-9-14;15-13(14-9-5-2-6-10-14)11-12-7-3-1-4-8-12;1-3-4-5-13-8-10-6-12(2)7-11(10)9-13;1-3-5-7-13-10-8-12(6-4-2)9-11-13;/h12-15H,5-11H2,1-4H3;14H,1-13H2;13H,2-12H2,1H3;11-14H,5-10H2,1-4H3;2*13H,1-12H2;12H,1-11H2;10-11H,3-9H2,1-2H3;4,6-11H2,1-2H3;1H4/t;;;;;;;10-,11+;;. The molecule has 21 rings (SSSR count). The van der Waals surface area contributed by atoms with E-state index in [0.717, 1.165) is 131 Å². The molecule has 0 bridgehead atoms. The lowest BCUT2D eigenvalue weighted by atomic mass is 9.56. The van der Waals surface area contributed by atoms with E-state index in [0.29, 0.717) is 11.8 Å². The molecule has 21 fully saturated rings. The van der Waals surface area contributed by atoms with Gasteiger partial charge in [0.1, 0.15) is 0 Å². The van der Waals surface area contributed by atoms with Crippen LogP contribution in [-0.2, 0) is 4.79 Å². The van der Waals surface area contributed by atoms with Crippen LogP contribution in [0.2, 0.25) is 0 Å². The first-order valence-electron chi connectivity index (χ1n) is 61.0. The van der Waals surface area contributed by atoms with Gasteiger partial charge in [0.2, 0.25) is 5.91 Å². The summed E-state index contributed by atoms with van der Waals surface area (Å²) in [5.74, 6) is 16.4. The number of carbonyl (C=O) groups is 1. The Morgan fingerprint density at radius 3 is 1.34 bits per heavy atom. The molecule has 11 saturated heterocycles. The van der Waals surface area contributed by atoms with Gasteiger partial charge in [0.05, 0.1) is 6.54 Å². The number of likely N-dealkylation sites (tertiary alicyclic amines) is 10. The lowest BCUT2D eigenvalue weighted by molar-refractivity contribution is -0.133. The van der Waals surface area contributed by atoms with Crippen molar-refractivity contribution in [2.75, 3.05) is 238 Å². The average molecular weight is 1910 g/mol. The van der Waals surface area contributed by atoms with Crippen molar-refractivity contribution in [1.82, 2.24) is 68.6 Å². The fraction of sp³-hybridized carbons (Fsp3) is 0.975. The van der Waals surface area contributed by atoms with Crippen LogP contribution in [0.3, 0.4) is 0 Å². The molecule has 11 heterocycles. The van der Waals surface area contributed by atoms with E-state index in [-0.39, 0.29) is 7.43 Å². The van der Waals surface area contributed by atoms with Gasteiger partial charge in [-0.25, -0.2) is 0 Å². The molecule has 0 N–H and O–H groups in total. The van der Waals surface area contributed by atoms with Crippen LogP contribution < -0.4 is 0 Å². The van der Waals surface area contributed by atoms with Crippen LogP contribution in [0.1, 0.15) is 416 Å². The maximum absolute atomic E-state index is 12.0. The van der Waals surface area contributed by atoms with E-state index in [1.807, 2.05) is 6.92 Å². The Kier molecular flexibility index (Phi) is 49.7. The molecule has 15 heteroatoms. The number of rotatable bonds is 25. The van der Waals surface area contributed by atoms with Crippen molar-refractivity contribution in [3.05, 3.63) is 0 Å². The summed E-state index contributed by atoms with van der Waals surface area (Å²) in [6.45, 7) is 62.7. The summed E-state index contributed by atoms with van der Waals surface area (Å²) in [5, 5.41) is 0. The minimum absolute atomic E-state index is 0. The highest BCUT2D eigenvalue weighted by Crippen LogP contribution is 2.62. The molecule has 11 aliphatic heterocycles. The highest BCUT2D eigenvalue weighted by atomic mass is 16.2. The number of unbranched alkanes of at least 4 members (excludes halogenated alkanes) is 1. The Morgan fingerprint density at radius 2 is 0.832 bits per heavy atom. The minimum Gasteiger partial charge on any atom is -0.343 e. The second-order valence-electron chi connectivity index (χ2n) is 52.5. The maximum atomic E-state index is 12.0. The van der Waals surface area contributed by atoms with Crippen LogP contribution >= 0.6 is 0 Å². The van der Waals surface area contributed by atoms with Gasteiger partial charge in [0, 0.05) is 148 Å². The number of piperidine rings is 6. The summed E-state index contributed by atoms with van der Waals surface area (Å²) in [4.78, 5) is 48.2. The highest BCUT2D eigenvalue weighted by molar-refractivity contribution is 5.76. The van der Waals surface area contributed by atoms with Crippen LogP contribution in [0.4, 0.5) is 0 Å². The number of nitrogens with zero attached hydrogens (tertiary/aromatic N) is 14. The van der Waals surface area contributed by atoms with Crippen molar-refractivity contribution in [2.45, 2.75) is 447 Å². The first-order valence-corrected chi connectivity index (χ1v) is 61.0. The van der Waals surface area contributed by atoms with E-state index in [1.54, 1.807) is 44.9 Å². The van der Waals surface area contributed by atoms with Crippen molar-refractivity contribution in [3.63, 3.8) is 0 Å². The number of amides is 1. The summed E-state index contributed by atoms with van der Waals surface area (Å²) >= 11 is 0. The zero-order valence-corrected chi connectivity index (χ0v) is 92.6. The molecule has 0 radical (unpaired) electrons. The second-order valence-corrected chi connectivity index (χ2v) is 52.5. The van der Waals surface area contributed by atoms with E-state index in [4.69, 9.17) is 0 Å². The van der Waals surface area contributed by atoms with Crippen LogP contribution in [0.25, 0.3) is 0 Å². The zero-order valence-electron chi connectivity index (χ0n) is 92.6. The zero-order chi connectivity index (χ0) is 95.5. The van der Waals surface area contributed by atoms with Crippen molar-refractivity contribution in [2.24, 2.45) is 80.8 Å². The quantitative estimate of drug-likeness (QED) is 0.0815. The van der Waals surface area contributed by atoms with Gasteiger partial charge in [0.25, 0.3) is 0 Å². The fourth-order valence-electron chi connectivity index (χ4n) is 31.2. The number of carbonyl (C=O) groups excluding carboxylic acids is 1. The SMILES string of the molecule is C.C1CCC(CCN2CC3(CCC3)C2)CC1.C1CCN(CC2CC23CCCCC3)CC1.C1CCN(CC2CC3(CCCCC3)C2)CC1.CC#CCN1CCN(CCC)CC1.CC1CC(N(C(C)C)C2CCN(C)CC2)C1.CC1CC(N(CC2CCN(C)CC2)C(C)C)C1.CCCCN1C[C@H]2CN(C)C[C@H]2C1.CN1CC2(CC(CCN3CCCCC3)C2)C1.O=C(CC1CCCCC1)N1CCCCC1. The van der Waals surface area contributed by atoms with Crippen LogP contribution in [0.5, 0.6) is 0 Å². The van der Waals surface area contributed by atoms with Gasteiger partial charge in [0.15, 0.2) is 0 Å². The first kappa shape index (κ1) is 114. The third-order valence-corrected chi connectivity index (χ3v) is 39.7. The Morgan fingerprint density at radius 1 is 0.365 bits per heavy atom. The molecular formula is C122H230N14O. The number of piperazine rings is 1. The number of hydrogen-bond acceptors (Lipinski definition) is 14. The highest BCUT2D eigenvalue weighted by Gasteiger charge is 2.55. The van der Waals surface area contributed by atoms with E-state index < -0.39 is 0 Å². The maximum Gasteiger partial charge on any atom is 0.222 e. The van der Waals surface area contributed by atoms with Gasteiger partial charge in [-0.15, -0.1) is 5.92 Å². The van der Waals surface area contributed by atoms with E-state index in [9.17, 15) is 4.79 Å². The van der Waals surface area contributed by atoms with E-state index in [2.05, 4.69) is 164 Å². The summed E-state index contributed by atoms with van der Waals surface area (Å²) in [6, 6.07) is 4.10. The first-order chi connectivity index (χ1) is 66.0. The molecule has 0 aromatic heterocycles. The van der Waals surface area contributed by atoms with Gasteiger partial charge >= 0.3 is 0 Å². The van der Waals surface area contributed by atoms with Crippen LogP contribution in [-0.4, -0.2) is 342 Å². The van der Waals surface area contributed by atoms with Crippen molar-refractivity contribution in [1.29, 1.82) is 0 Å². The molecule has 10 saturated carbocycles. The number of hydrogen-bond donors (Lipinski definition) is 0. The summed E-state index contributed by atoms with van der Waals surface area (Å²) in [6.07, 6.45) is 77.9.